The molecule has 0 aliphatic heterocycles. The normalized spacial score (nSPS) is 14.6. The molecule has 0 rings (SSSR count). The fourth-order valence-corrected chi connectivity index (χ4v) is 6.80. The van der Waals surface area contributed by atoms with Gasteiger partial charge >= 0.3 is 7.82 Å². The fourth-order valence-electron chi connectivity index (χ4n) is 6.04. The number of aliphatic hydroxyl groups is 1. The lowest BCUT2D eigenvalue weighted by Crippen LogP contribution is -2.45. The van der Waals surface area contributed by atoms with Crippen molar-refractivity contribution in [1.29, 1.82) is 0 Å². The smallest absolute Gasteiger partial charge is 0.387 e. The molecular weight excluding hydrogens is 683 g/mol. The molecule has 1 amide bonds. The number of carbonyl (C=O) groups is 1. The van der Waals surface area contributed by atoms with E-state index in [0.29, 0.717) is 6.42 Å². The van der Waals surface area contributed by atoms with Crippen molar-refractivity contribution >= 4 is 13.7 Å². The summed E-state index contributed by atoms with van der Waals surface area (Å²) in [5.74, 6) is -0.212. The van der Waals surface area contributed by atoms with Crippen LogP contribution in [-0.4, -0.2) is 47.8 Å². The van der Waals surface area contributed by atoms with Crippen LogP contribution in [0.3, 0.4) is 0 Å². The molecule has 0 fully saturated rings. The number of nitrogens with one attached hydrogen (secondary N) is 1. The van der Waals surface area contributed by atoms with Crippen molar-refractivity contribution in [3.05, 3.63) is 48.6 Å². The molecule has 5 N–H and O–H groups in total. The standard InChI is InChI=1S/C44H83N2O6P/c1-3-5-7-9-11-13-15-17-19-20-21-22-24-26-28-30-32-34-36-38-44(48)46-42(41-52-53(49,50)51-40-39-45)43(47)37-35-33-31-29-27-25-23-18-16-14-12-10-8-6-4-2/h16-19,27,29,35,37,42-43,47H,3-15,20-26,28,30-34,36,38-41,45H2,1-2H3,(H,46,48)(H,49,50)/b18-16+,19-17-,29-27+,37-35+. The van der Waals surface area contributed by atoms with E-state index in [1.165, 1.54) is 128 Å². The van der Waals surface area contributed by atoms with Gasteiger partial charge in [-0.2, -0.15) is 0 Å². The Kier molecular flexibility index (Phi) is 39.0. The van der Waals surface area contributed by atoms with Crippen molar-refractivity contribution in [3.63, 3.8) is 0 Å². The number of phosphoric ester groups is 1. The van der Waals surface area contributed by atoms with Crippen LogP contribution in [0.25, 0.3) is 0 Å². The number of allylic oxidation sites excluding steroid dienone is 7. The molecule has 0 heterocycles. The molecule has 3 unspecified atom stereocenters. The number of hydrogen-bond acceptors (Lipinski definition) is 6. The molecule has 0 bridgehead atoms. The molecule has 3 atom stereocenters. The Balaban J connectivity index is 4.27. The maximum atomic E-state index is 12.7. The van der Waals surface area contributed by atoms with E-state index in [1.54, 1.807) is 6.08 Å². The molecular formula is C44H83N2O6P. The van der Waals surface area contributed by atoms with E-state index in [1.807, 2.05) is 6.08 Å². The van der Waals surface area contributed by atoms with Gasteiger partial charge in [0.2, 0.25) is 5.91 Å². The second-order valence-corrected chi connectivity index (χ2v) is 16.0. The molecule has 53 heavy (non-hydrogen) atoms. The zero-order chi connectivity index (χ0) is 38.9. The summed E-state index contributed by atoms with van der Waals surface area (Å²) in [4.78, 5) is 22.7. The fraction of sp³-hybridized carbons (Fsp3) is 0.795. The van der Waals surface area contributed by atoms with E-state index < -0.39 is 20.0 Å². The Morgan fingerprint density at radius 3 is 1.45 bits per heavy atom. The summed E-state index contributed by atoms with van der Waals surface area (Å²) >= 11 is 0. The van der Waals surface area contributed by atoms with Gasteiger partial charge < -0.3 is 21.1 Å². The van der Waals surface area contributed by atoms with Gasteiger partial charge in [-0.25, -0.2) is 4.57 Å². The van der Waals surface area contributed by atoms with Crippen LogP contribution < -0.4 is 11.1 Å². The molecule has 0 aliphatic rings. The van der Waals surface area contributed by atoms with Crippen LogP contribution in [0.1, 0.15) is 194 Å². The number of amides is 1. The van der Waals surface area contributed by atoms with E-state index in [4.69, 9.17) is 14.8 Å². The van der Waals surface area contributed by atoms with Gasteiger partial charge in [0.25, 0.3) is 0 Å². The van der Waals surface area contributed by atoms with Crippen molar-refractivity contribution < 1.29 is 28.4 Å². The van der Waals surface area contributed by atoms with E-state index in [0.717, 1.165) is 44.9 Å². The highest BCUT2D eigenvalue weighted by Gasteiger charge is 2.26. The van der Waals surface area contributed by atoms with Gasteiger partial charge in [-0.15, -0.1) is 0 Å². The van der Waals surface area contributed by atoms with Gasteiger partial charge in [-0.05, 0) is 70.6 Å². The Hall–Kier alpha value is -1.54. The number of aliphatic hydroxyl groups excluding tert-OH is 1. The number of nitrogens with two attached hydrogens (primary N) is 1. The van der Waals surface area contributed by atoms with Crippen LogP contribution in [-0.2, 0) is 18.4 Å². The SMILES string of the molecule is CCCCCCC/C=C/CC/C=C/CC/C=C/C(O)C(COP(=O)(O)OCCN)NC(=O)CCCCCCCCCCC/C=C\CCCCCCCC. The Morgan fingerprint density at radius 1 is 0.604 bits per heavy atom. The summed E-state index contributed by atoms with van der Waals surface area (Å²) < 4.78 is 22.1. The van der Waals surface area contributed by atoms with Crippen LogP contribution in [0.4, 0.5) is 0 Å². The van der Waals surface area contributed by atoms with Gasteiger partial charge in [-0.3, -0.25) is 13.8 Å². The lowest BCUT2D eigenvalue weighted by Gasteiger charge is -2.23. The zero-order valence-corrected chi connectivity index (χ0v) is 35.1. The van der Waals surface area contributed by atoms with Gasteiger partial charge in [0, 0.05) is 13.0 Å². The van der Waals surface area contributed by atoms with Crippen molar-refractivity contribution in [2.24, 2.45) is 5.73 Å². The molecule has 0 aromatic carbocycles. The molecule has 0 aromatic rings. The maximum absolute atomic E-state index is 12.7. The average molecular weight is 767 g/mol. The number of phosphoric acid groups is 1. The minimum absolute atomic E-state index is 0.0705. The minimum Gasteiger partial charge on any atom is -0.387 e. The van der Waals surface area contributed by atoms with E-state index >= 15 is 0 Å². The summed E-state index contributed by atoms with van der Waals surface area (Å²) in [5.41, 5.74) is 5.37. The third-order valence-electron chi connectivity index (χ3n) is 9.35. The van der Waals surface area contributed by atoms with Gasteiger partial charge in [0.15, 0.2) is 0 Å². The first kappa shape index (κ1) is 51.5. The van der Waals surface area contributed by atoms with Crippen molar-refractivity contribution in [2.45, 2.75) is 206 Å². The molecule has 0 saturated carbocycles. The molecule has 310 valence electrons. The van der Waals surface area contributed by atoms with Crippen LogP contribution in [0.2, 0.25) is 0 Å². The number of rotatable bonds is 40. The Morgan fingerprint density at radius 2 is 1.00 bits per heavy atom. The average Bonchev–Trinajstić information content (AvgIpc) is 3.14. The van der Waals surface area contributed by atoms with E-state index in [2.05, 4.69) is 55.6 Å². The summed E-state index contributed by atoms with van der Waals surface area (Å²) in [6, 6.07) is -0.884. The number of carbonyl (C=O) groups excluding carboxylic acids is 1. The first-order valence-corrected chi connectivity index (χ1v) is 23.3. The molecule has 0 saturated heterocycles. The molecule has 0 radical (unpaired) electrons. The Labute approximate surface area is 326 Å². The summed E-state index contributed by atoms with van der Waals surface area (Å²) in [5, 5.41) is 13.6. The van der Waals surface area contributed by atoms with Crippen molar-refractivity contribution in [3.8, 4) is 0 Å². The first-order chi connectivity index (χ1) is 25.9. The number of unbranched alkanes of at least 4 members (excludes halogenated alkanes) is 22. The topological polar surface area (TPSA) is 131 Å². The molecule has 0 aliphatic carbocycles. The highest BCUT2D eigenvalue weighted by atomic mass is 31.2. The van der Waals surface area contributed by atoms with Crippen molar-refractivity contribution in [2.75, 3.05) is 19.8 Å². The predicted molar refractivity (Wildman–Crippen MR) is 226 cm³/mol. The largest absolute Gasteiger partial charge is 0.472 e. The molecule has 0 aromatic heterocycles. The third-order valence-corrected chi connectivity index (χ3v) is 10.3. The second-order valence-electron chi connectivity index (χ2n) is 14.5. The summed E-state index contributed by atoms with van der Waals surface area (Å²) in [7, 11) is -4.35. The summed E-state index contributed by atoms with van der Waals surface area (Å²) in [6.07, 6.45) is 48.7. The maximum Gasteiger partial charge on any atom is 0.472 e. The van der Waals surface area contributed by atoms with E-state index in [-0.39, 0.29) is 25.7 Å². The highest BCUT2D eigenvalue weighted by molar-refractivity contribution is 7.47. The first-order valence-electron chi connectivity index (χ1n) is 21.8. The highest BCUT2D eigenvalue weighted by Crippen LogP contribution is 2.43. The molecule has 0 spiro atoms. The third kappa shape index (κ3) is 38.5. The molecule has 9 heteroatoms. The zero-order valence-electron chi connectivity index (χ0n) is 34.2. The lowest BCUT2D eigenvalue weighted by molar-refractivity contribution is -0.123. The molecule has 8 nitrogen and oxygen atoms in total. The van der Waals surface area contributed by atoms with Crippen LogP contribution in [0, 0.1) is 0 Å². The van der Waals surface area contributed by atoms with Gasteiger partial charge in [-0.1, -0.05) is 165 Å². The second kappa shape index (κ2) is 40.1. The Bertz CT molecular complexity index is 970. The van der Waals surface area contributed by atoms with Crippen LogP contribution in [0.15, 0.2) is 48.6 Å². The number of hydrogen-bond donors (Lipinski definition) is 4. The minimum atomic E-state index is -4.35. The quantitative estimate of drug-likeness (QED) is 0.0277. The van der Waals surface area contributed by atoms with E-state index in [9.17, 15) is 19.4 Å². The predicted octanol–water partition coefficient (Wildman–Crippen LogP) is 12.1. The van der Waals surface area contributed by atoms with Gasteiger partial charge in [0.1, 0.15) is 0 Å². The van der Waals surface area contributed by atoms with Crippen LogP contribution in [0.5, 0.6) is 0 Å². The lowest BCUT2D eigenvalue weighted by atomic mass is 10.0. The van der Waals surface area contributed by atoms with Crippen molar-refractivity contribution in [1.82, 2.24) is 5.32 Å². The van der Waals surface area contributed by atoms with Gasteiger partial charge in [0.05, 0.1) is 25.4 Å². The van der Waals surface area contributed by atoms with Crippen LogP contribution >= 0.6 is 7.82 Å². The monoisotopic (exact) mass is 767 g/mol. The summed E-state index contributed by atoms with van der Waals surface area (Å²) in [6.45, 7) is 4.08.